The number of nitrogens with one attached hydrogen (secondary N) is 1. The SMILES string of the molecule is Cn1cnc(CCNC(=O)C2(C(N)=S)CC2)n1. The van der Waals surface area contributed by atoms with Crippen LogP contribution in [0.4, 0.5) is 0 Å². The van der Waals surface area contributed by atoms with Crippen LogP contribution in [0.2, 0.25) is 0 Å². The maximum Gasteiger partial charge on any atom is 0.233 e. The Morgan fingerprint density at radius 3 is 2.88 bits per heavy atom. The molecular weight excluding hydrogens is 238 g/mol. The number of hydrogen-bond donors (Lipinski definition) is 2. The highest BCUT2D eigenvalue weighted by Crippen LogP contribution is 2.46. The highest BCUT2D eigenvalue weighted by Gasteiger charge is 2.52. The maximum absolute atomic E-state index is 11.8. The minimum absolute atomic E-state index is 0.0686. The summed E-state index contributed by atoms with van der Waals surface area (Å²) < 4.78 is 1.63. The van der Waals surface area contributed by atoms with Crippen LogP contribution in [-0.2, 0) is 18.3 Å². The van der Waals surface area contributed by atoms with Crippen LogP contribution < -0.4 is 11.1 Å². The summed E-state index contributed by atoms with van der Waals surface area (Å²) in [5, 5.41) is 6.95. The Bertz CT molecular complexity index is 451. The Labute approximate surface area is 105 Å². The summed E-state index contributed by atoms with van der Waals surface area (Å²) in [4.78, 5) is 16.2. The molecule has 0 aromatic carbocycles. The average molecular weight is 253 g/mol. The molecule has 1 aromatic rings. The summed E-state index contributed by atoms with van der Waals surface area (Å²) >= 11 is 4.91. The lowest BCUT2D eigenvalue weighted by Gasteiger charge is -2.12. The molecule has 0 atom stereocenters. The lowest BCUT2D eigenvalue weighted by atomic mass is 10.1. The summed E-state index contributed by atoms with van der Waals surface area (Å²) in [6.07, 6.45) is 3.76. The van der Waals surface area contributed by atoms with Crippen molar-refractivity contribution >= 4 is 23.1 Å². The Morgan fingerprint density at radius 1 is 1.71 bits per heavy atom. The third-order valence-electron chi connectivity index (χ3n) is 2.94. The zero-order valence-electron chi connectivity index (χ0n) is 9.64. The van der Waals surface area contributed by atoms with Crippen molar-refractivity contribution in [1.29, 1.82) is 0 Å². The van der Waals surface area contributed by atoms with E-state index in [2.05, 4.69) is 15.4 Å². The van der Waals surface area contributed by atoms with Crippen molar-refractivity contribution in [1.82, 2.24) is 20.1 Å². The van der Waals surface area contributed by atoms with E-state index in [1.54, 1.807) is 18.1 Å². The lowest BCUT2D eigenvalue weighted by molar-refractivity contribution is -0.123. The molecule has 7 heteroatoms. The summed E-state index contributed by atoms with van der Waals surface area (Å²) in [6.45, 7) is 0.507. The first-order valence-corrected chi connectivity index (χ1v) is 5.88. The van der Waals surface area contributed by atoms with E-state index in [1.165, 1.54) is 0 Å². The molecule has 3 N–H and O–H groups in total. The number of carbonyl (C=O) groups excluding carboxylic acids is 1. The monoisotopic (exact) mass is 253 g/mol. The van der Waals surface area contributed by atoms with Crippen LogP contribution in [0.15, 0.2) is 6.33 Å². The number of amides is 1. The van der Waals surface area contributed by atoms with Gasteiger partial charge >= 0.3 is 0 Å². The van der Waals surface area contributed by atoms with Gasteiger partial charge in [-0.15, -0.1) is 0 Å². The minimum Gasteiger partial charge on any atom is -0.392 e. The fourth-order valence-corrected chi connectivity index (χ4v) is 1.96. The van der Waals surface area contributed by atoms with Crippen LogP contribution in [0.3, 0.4) is 0 Å². The zero-order chi connectivity index (χ0) is 12.5. The van der Waals surface area contributed by atoms with Gasteiger partial charge < -0.3 is 11.1 Å². The van der Waals surface area contributed by atoms with Gasteiger partial charge in [-0.1, -0.05) is 12.2 Å². The minimum atomic E-state index is -0.577. The van der Waals surface area contributed by atoms with E-state index in [0.29, 0.717) is 23.8 Å². The molecule has 92 valence electrons. The van der Waals surface area contributed by atoms with Crippen molar-refractivity contribution in [2.75, 3.05) is 6.54 Å². The van der Waals surface area contributed by atoms with E-state index < -0.39 is 5.41 Å². The van der Waals surface area contributed by atoms with Crippen molar-refractivity contribution in [2.45, 2.75) is 19.3 Å². The van der Waals surface area contributed by atoms with Gasteiger partial charge in [0, 0.05) is 20.0 Å². The van der Waals surface area contributed by atoms with Crippen LogP contribution in [-0.4, -0.2) is 32.2 Å². The van der Waals surface area contributed by atoms with Crippen molar-refractivity contribution in [3.63, 3.8) is 0 Å². The van der Waals surface area contributed by atoms with Gasteiger partial charge in [-0.3, -0.25) is 9.48 Å². The highest BCUT2D eigenvalue weighted by molar-refractivity contribution is 7.80. The van der Waals surface area contributed by atoms with Crippen LogP contribution >= 0.6 is 12.2 Å². The molecule has 17 heavy (non-hydrogen) atoms. The number of aryl methyl sites for hydroxylation is 1. The highest BCUT2D eigenvalue weighted by atomic mass is 32.1. The largest absolute Gasteiger partial charge is 0.392 e. The van der Waals surface area contributed by atoms with Crippen LogP contribution in [0.1, 0.15) is 18.7 Å². The molecule has 1 amide bonds. The number of carbonyl (C=O) groups is 1. The molecule has 0 aliphatic heterocycles. The lowest BCUT2D eigenvalue weighted by Crippen LogP contribution is -2.40. The van der Waals surface area contributed by atoms with E-state index in [-0.39, 0.29) is 5.91 Å². The molecule has 0 saturated heterocycles. The normalized spacial score (nSPS) is 16.5. The number of thiocarbonyl (C=S) groups is 1. The second-order valence-electron chi connectivity index (χ2n) is 4.29. The standard InChI is InChI=1S/C10H15N5OS/c1-15-6-13-7(14-15)2-5-12-9(16)10(3-4-10)8(11)17/h6H,2-5H2,1H3,(H2,11,17)(H,12,16). The van der Waals surface area contributed by atoms with E-state index >= 15 is 0 Å². The van der Waals surface area contributed by atoms with Gasteiger partial charge in [-0.2, -0.15) is 5.10 Å². The Hall–Kier alpha value is -1.50. The van der Waals surface area contributed by atoms with E-state index in [0.717, 1.165) is 12.8 Å². The molecule has 1 saturated carbocycles. The maximum atomic E-state index is 11.8. The molecule has 6 nitrogen and oxygen atoms in total. The fourth-order valence-electron chi connectivity index (χ4n) is 1.67. The van der Waals surface area contributed by atoms with Gasteiger partial charge in [-0.25, -0.2) is 4.98 Å². The molecule has 0 radical (unpaired) electrons. The summed E-state index contributed by atoms with van der Waals surface area (Å²) in [7, 11) is 1.81. The Balaban J connectivity index is 1.79. The van der Waals surface area contributed by atoms with Gasteiger partial charge in [0.05, 0.1) is 10.4 Å². The van der Waals surface area contributed by atoms with E-state index in [1.807, 2.05) is 0 Å². The molecule has 0 unspecified atom stereocenters. The predicted octanol–water partition coefficient (Wildman–Crippen LogP) is -0.460. The van der Waals surface area contributed by atoms with Gasteiger partial charge in [0.2, 0.25) is 5.91 Å². The van der Waals surface area contributed by atoms with Crippen molar-refractivity contribution in [3.8, 4) is 0 Å². The first-order chi connectivity index (χ1) is 8.04. The molecule has 0 bridgehead atoms. The third kappa shape index (κ3) is 2.44. The first-order valence-electron chi connectivity index (χ1n) is 5.47. The number of rotatable bonds is 5. The smallest absolute Gasteiger partial charge is 0.233 e. The number of nitrogens with zero attached hydrogens (tertiary/aromatic N) is 3. The second kappa shape index (κ2) is 4.40. The van der Waals surface area contributed by atoms with E-state index in [4.69, 9.17) is 18.0 Å². The van der Waals surface area contributed by atoms with Gasteiger partial charge in [0.25, 0.3) is 0 Å². The average Bonchev–Trinajstić information content (AvgIpc) is 2.99. The molecule has 2 rings (SSSR count). The number of hydrogen-bond acceptors (Lipinski definition) is 4. The van der Waals surface area contributed by atoms with Gasteiger partial charge in [0.15, 0.2) is 5.82 Å². The summed E-state index contributed by atoms with van der Waals surface area (Å²) in [5.41, 5.74) is 4.99. The fraction of sp³-hybridized carbons (Fsp3) is 0.600. The van der Waals surface area contributed by atoms with Gasteiger partial charge in [0.1, 0.15) is 6.33 Å². The summed E-state index contributed by atoms with van der Waals surface area (Å²) in [6, 6.07) is 0. The molecular formula is C10H15N5OS. The molecule has 0 spiro atoms. The van der Waals surface area contributed by atoms with Gasteiger partial charge in [-0.05, 0) is 12.8 Å². The number of nitrogens with two attached hydrogens (primary N) is 1. The molecule has 1 aromatic heterocycles. The predicted molar refractivity (Wildman–Crippen MR) is 66.2 cm³/mol. The first kappa shape index (κ1) is 12.0. The Kier molecular flexibility index (Phi) is 3.10. The molecule has 1 fully saturated rings. The van der Waals surface area contributed by atoms with Crippen molar-refractivity contribution in [3.05, 3.63) is 12.2 Å². The second-order valence-corrected chi connectivity index (χ2v) is 4.73. The van der Waals surface area contributed by atoms with Crippen LogP contribution in [0.25, 0.3) is 0 Å². The van der Waals surface area contributed by atoms with Crippen LogP contribution in [0, 0.1) is 5.41 Å². The zero-order valence-corrected chi connectivity index (χ0v) is 10.5. The molecule has 1 aliphatic carbocycles. The van der Waals surface area contributed by atoms with Crippen molar-refractivity contribution < 1.29 is 4.79 Å². The molecule has 1 aliphatic rings. The third-order valence-corrected chi connectivity index (χ3v) is 3.33. The van der Waals surface area contributed by atoms with E-state index in [9.17, 15) is 4.79 Å². The summed E-state index contributed by atoms with van der Waals surface area (Å²) in [5.74, 6) is 0.647. The number of aromatic nitrogens is 3. The van der Waals surface area contributed by atoms with Crippen molar-refractivity contribution in [2.24, 2.45) is 18.2 Å². The van der Waals surface area contributed by atoms with Crippen LogP contribution in [0.5, 0.6) is 0 Å². The Morgan fingerprint density at radius 2 is 2.41 bits per heavy atom. The molecule has 1 heterocycles. The quantitative estimate of drug-likeness (QED) is 0.694. The topological polar surface area (TPSA) is 85.8 Å².